The van der Waals surface area contributed by atoms with Crippen molar-refractivity contribution in [3.63, 3.8) is 0 Å². The smallest absolute Gasteiger partial charge is 0.410 e. The number of aromatic nitrogens is 2. The Morgan fingerprint density at radius 2 is 1.84 bits per heavy atom. The highest BCUT2D eigenvalue weighted by Gasteiger charge is 2.22. The highest BCUT2D eigenvalue weighted by atomic mass is 16.6. The van der Waals surface area contributed by atoms with Crippen LogP contribution in [0.3, 0.4) is 0 Å². The Morgan fingerprint density at radius 1 is 1.11 bits per heavy atom. The first-order valence-electron chi connectivity index (χ1n) is 6.11. The number of ether oxygens (including phenoxy) is 1. The molecule has 5 heteroatoms. The summed E-state index contributed by atoms with van der Waals surface area (Å²) in [6.45, 7) is 1.44. The summed E-state index contributed by atoms with van der Waals surface area (Å²) < 4.78 is 4.86. The monoisotopic (exact) mass is 255 g/mol. The van der Waals surface area contributed by atoms with Gasteiger partial charge in [0.25, 0.3) is 0 Å². The summed E-state index contributed by atoms with van der Waals surface area (Å²) in [6.07, 6.45) is 3.26. The third-order valence-corrected chi connectivity index (χ3v) is 2.99. The van der Waals surface area contributed by atoms with Crippen LogP contribution < -0.4 is 0 Å². The van der Waals surface area contributed by atoms with Crippen molar-refractivity contribution in [1.29, 1.82) is 0 Å². The molecule has 0 aliphatic carbocycles. The second-order valence-corrected chi connectivity index (χ2v) is 4.29. The lowest BCUT2D eigenvalue weighted by Gasteiger charge is -2.11. The number of hydrogen-bond donors (Lipinski definition) is 0. The Hall–Kier alpha value is -2.43. The first kappa shape index (κ1) is 11.6. The van der Waals surface area contributed by atoms with Gasteiger partial charge in [-0.3, -0.25) is 4.90 Å². The van der Waals surface area contributed by atoms with Crippen molar-refractivity contribution in [1.82, 2.24) is 14.9 Å². The largest absolute Gasteiger partial charge is 0.448 e. The molecule has 1 amide bonds. The van der Waals surface area contributed by atoms with E-state index in [1.807, 2.05) is 30.3 Å². The SMILES string of the molecule is O=C1OCCN1Cc1ncc(-c2ccccc2)cn1. The van der Waals surface area contributed by atoms with Crippen LogP contribution in [-0.4, -0.2) is 34.1 Å². The molecule has 1 aromatic heterocycles. The topological polar surface area (TPSA) is 55.3 Å². The fourth-order valence-corrected chi connectivity index (χ4v) is 1.96. The molecule has 0 atom stereocenters. The van der Waals surface area contributed by atoms with E-state index in [1.54, 1.807) is 17.3 Å². The van der Waals surface area contributed by atoms with E-state index in [0.29, 0.717) is 25.5 Å². The van der Waals surface area contributed by atoms with Gasteiger partial charge in [0, 0.05) is 18.0 Å². The summed E-state index contributed by atoms with van der Waals surface area (Å²) >= 11 is 0. The van der Waals surface area contributed by atoms with Crippen molar-refractivity contribution < 1.29 is 9.53 Å². The zero-order valence-corrected chi connectivity index (χ0v) is 10.3. The summed E-state index contributed by atoms with van der Waals surface area (Å²) in [5.74, 6) is 0.624. The number of rotatable bonds is 3. The normalized spacial score (nSPS) is 14.5. The fourth-order valence-electron chi connectivity index (χ4n) is 1.96. The number of benzene rings is 1. The van der Waals surface area contributed by atoms with E-state index < -0.39 is 0 Å². The molecule has 2 aromatic rings. The molecule has 0 radical (unpaired) electrons. The zero-order valence-electron chi connectivity index (χ0n) is 10.3. The van der Waals surface area contributed by atoms with Gasteiger partial charge < -0.3 is 4.74 Å². The van der Waals surface area contributed by atoms with E-state index in [2.05, 4.69) is 9.97 Å². The molecule has 96 valence electrons. The first-order chi connectivity index (χ1) is 9.33. The van der Waals surface area contributed by atoms with E-state index in [4.69, 9.17) is 4.74 Å². The molecule has 0 saturated carbocycles. The van der Waals surface area contributed by atoms with Crippen LogP contribution in [0.15, 0.2) is 42.7 Å². The van der Waals surface area contributed by atoms with Gasteiger partial charge in [-0.1, -0.05) is 30.3 Å². The van der Waals surface area contributed by atoms with Gasteiger partial charge in [-0.05, 0) is 5.56 Å². The molecular weight excluding hydrogens is 242 g/mol. The second-order valence-electron chi connectivity index (χ2n) is 4.29. The number of carbonyl (C=O) groups excluding carboxylic acids is 1. The first-order valence-corrected chi connectivity index (χ1v) is 6.11. The molecule has 0 bridgehead atoms. The maximum Gasteiger partial charge on any atom is 0.410 e. The molecule has 1 fully saturated rings. The summed E-state index contributed by atoms with van der Waals surface area (Å²) in [5, 5.41) is 0. The molecule has 0 unspecified atom stereocenters. The number of hydrogen-bond acceptors (Lipinski definition) is 4. The Balaban J connectivity index is 1.74. The average molecular weight is 255 g/mol. The van der Waals surface area contributed by atoms with Crippen LogP contribution in [0.25, 0.3) is 11.1 Å². The van der Waals surface area contributed by atoms with Crippen LogP contribution in [0.2, 0.25) is 0 Å². The number of nitrogens with zero attached hydrogens (tertiary/aromatic N) is 3. The number of carbonyl (C=O) groups is 1. The zero-order chi connectivity index (χ0) is 13.1. The van der Waals surface area contributed by atoms with Crippen LogP contribution in [0.1, 0.15) is 5.82 Å². The van der Waals surface area contributed by atoms with E-state index >= 15 is 0 Å². The molecule has 5 nitrogen and oxygen atoms in total. The summed E-state index contributed by atoms with van der Waals surface area (Å²) in [7, 11) is 0. The summed E-state index contributed by atoms with van der Waals surface area (Å²) in [6, 6.07) is 9.94. The minimum Gasteiger partial charge on any atom is -0.448 e. The third-order valence-electron chi connectivity index (χ3n) is 2.99. The molecule has 1 aromatic carbocycles. The predicted octanol–water partition coefficient (Wildman–Crippen LogP) is 2.10. The third kappa shape index (κ3) is 2.54. The Kier molecular flexibility index (Phi) is 3.10. The molecule has 1 aliphatic rings. The molecule has 1 aliphatic heterocycles. The van der Waals surface area contributed by atoms with Crippen LogP contribution in [0.4, 0.5) is 4.79 Å². The van der Waals surface area contributed by atoms with Gasteiger partial charge in [0.15, 0.2) is 0 Å². The molecular formula is C14H13N3O2. The van der Waals surface area contributed by atoms with Gasteiger partial charge in [-0.2, -0.15) is 0 Å². The second kappa shape index (κ2) is 5.06. The lowest BCUT2D eigenvalue weighted by atomic mass is 10.1. The maximum absolute atomic E-state index is 11.3. The van der Waals surface area contributed by atoms with Crippen molar-refractivity contribution in [2.75, 3.05) is 13.2 Å². The quantitative estimate of drug-likeness (QED) is 0.842. The Bertz CT molecular complexity index is 569. The highest BCUT2D eigenvalue weighted by Crippen LogP contribution is 2.17. The van der Waals surface area contributed by atoms with Gasteiger partial charge in [0.05, 0.1) is 13.1 Å². The van der Waals surface area contributed by atoms with Crippen LogP contribution in [0, 0.1) is 0 Å². The Labute approximate surface area is 110 Å². The Morgan fingerprint density at radius 3 is 2.47 bits per heavy atom. The van der Waals surface area contributed by atoms with Crippen molar-refractivity contribution in [2.45, 2.75) is 6.54 Å². The van der Waals surface area contributed by atoms with Gasteiger partial charge in [-0.25, -0.2) is 14.8 Å². The fraction of sp³-hybridized carbons (Fsp3) is 0.214. The number of cyclic esters (lactones) is 1. The van der Waals surface area contributed by atoms with Gasteiger partial charge in [0.1, 0.15) is 12.4 Å². The van der Waals surface area contributed by atoms with E-state index in [9.17, 15) is 4.79 Å². The lowest BCUT2D eigenvalue weighted by molar-refractivity contribution is 0.156. The average Bonchev–Trinajstić information content (AvgIpc) is 2.86. The standard InChI is InChI=1S/C14H13N3O2/c18-14-17(6-7-19-14)10-13-15-8-12(9-16-13)11-4-2-1-3-5-11/h1-5,8-9H,6-7,10H2. The van der Waals surface area contributed by atoms with Crippen LogP contribution in [0.5, 0.6) is 0 Å². The summed E-state index contributed by atoms with van der Waals surface area (Å²) in [5.41, 5.74) is 2.04. The van der Waals surface area contributed by atoms with Crippen molar-refractivity contribution in [2.24, 2.45) is 0 Å². The molecule has 1 saturated heterocycles. The predicted molar refractivity (Wildman–Crippen MR) is 69.2 cm³/mol. The maximum atomic E-state index is 11.3. The van der Waals surface area contributed by atoms with Gasteiger partial charge in [0.2, 0.25) is 0 Å². The molecule has 19 heavy (non-hydrogen) atoms. The van der Waals surface area contributed by atoms with E-state index in [1.165, 1.54) is 0 Å². The minimum atomic E-state index is -0.296. The van der Waals surface area contributed by atoms with Gasteiger partial charge >= 0.3 is 6.09 Å². The lowest BCUT2D eigenvalue weighted by Crippen LogP contribution is -2.24. The van der Waals surface area contributed by atoms with Crippen LogP contribution in [-0.2, 0) is 11.3 Å². The van der Waals surface area contributed by atoms with Crippen molar-refractivity contribution in [3.05, 3.63) is 48.5 Å². The summed E-state index contributed by atoms with van der Waals surface area (Å²) in [4.78, 5) is 21.5. The van der Waals surface area contributed by atoms with E-state index in [-0.39, 0.29) is 6.09 Å². The highest BCUT2D eigenvalue weighted by molar-refractivity contribution is 5.69. The molecule has 0 N–H and O–H groups in total. The molecule has 0 spiro atoms. The number of amides is 1. The van der Waals surface area contributed by atoms with Crippen molar-refractivity contribution in [3.8, 4) is 11.1 Å². The molecule has 3 rings (SSSR count). The van der Waals surface area contributed by atoms with Gasteiger partial charge in [-0.15, -0.1) is 0 Å². The molecule has 2 heterocycles. The van der Waals surface area contributed by atoms with Crippen molar-refractivity contribution >= 4 is 6.09 Å². The van der Waals surface area contributed by atoms with Crippen LogP contribution >= 0.6 is 0 Å². The van der Waals surface area contributed by atoms with E-state index in [0.717, 1.165) is 11.1 Å². The minimum absolute atomic E-state index is 0.296.